The molecule has 0 spiro atoms. The van der Waals surface area contributed by atoms with Gasteiger partial charge in [-0.2, -0.15) is 0 Å². The number of benzene rings is 1. The number of carbonyl (C=O) groups excluding carboxylic acids is 4. The lowest BCUT2D eigenvalue weighted by atomic mass is 9.46. The van der Waals surface area contributed by atoms with Gasteiger partial charge in [0.2, 0.25) is 11.7 Å². The average Bonchev–Trinajstić information content (AvgIpc) is 3.31. The molecule has 9 atom stereocenters. The predicted molar refractivity (Wildman–Crippen MR) is 166 cm³/mol. The van der Waals surface area contributed by atoms with Crippen molar-refractivity contribution in [1.82, 2.24) is 5.32 Å². The Labute approximate surface area is 276 Å². The van der Waals surface area contributed by atoms with Gasteiger partial charge in [-0.25, -0.2) is 4.79 Å². The van der Waals surface area contributed by atoms with Crippen LogP contribution in [0, 0.1) is 38.7 Å². The number of aliphatic hydroxyl groups excluding tert-OH is 2. The number of fused-ring (bicyclic) bond motifs is 5. The Hall–Kier alpha value is -4.27. The summed E-state index contributed by atoms with van der Waals surface area (Å²) in [5.74, 6) is -4.57. The van der Waals surface area contributed by atoms with E-state index in [1.54, 1.807) is 13.0 Å². The summed E-state index contributed by atoms with van der Waals surface area (Å²) in [7, 11) is 0. The highest BCUT2D eigenvalue weighted by Gasteiger charge is 2.68. The summed E-state index contributed by atoms with van der Waals surface area (Å²) in [5, 5.41) is 56.5. The lowest BCUT2D eigenvalue weighted by Gasteiger charge is -2.59. The fraction of sp³-hybridized carbons (Fsp3) is 0.559. The molecule has 3 saturated carbocycles. The quantitative estimate of drug-likeness (QED) is 0.130. The lowest BCUT2D eigenvalue weighted by Crippen LogP contribution is -2.61. The van der Waals surface area contributed by atoms with Crippen molar-refractivity contribution in [1.29, 1.82) is 0 Å². The van der Waals surface area contributed by atoms with E-state index in [2.05, 4.69) is 5.32 Å². The molecular weight excluding hydrogens is 628 g/mol. The van der Waals surface area contributed by atoms with Crippen LogP contribution in [0.3, 0.4) is 0 Å². The Kier molecular flexibility index (Phi) is 9.47. The molecule has 14 heteroatoms. The smallest absolute Gasteiger partial charge is 0.329 e. The zero-order valence-corrected chi connectivity index (χ0v) is 26.7. The van der Waals surface area contributed by atoms with Crippen LogP contribution in [-0.4, -0.2) is 79.1 Å². The van der Waals surface area contributed by atoms with E-state index in [0.717, 1.165) is 17.7 Å². The molecule has 3 fully saturated rings. The number of hydrogen-bond acceptors (Lipinski definition) is 11. The van der Waals surface area contributed by atoms with Crippen LogP contribution in [-0.2, 0) is 28.7 Å². The van der Waals surface area contributed by atoms with Crippen LogP contribution in [0.1, 0.15) is 70.5 Å². The Morgan fingerprint density at radius 1 is 1.17 bits per heavy atom. The van der Waals surface area contributed by atoms with Gasteiger partial charge in [0.25, 0.3) is 5.69 Å². The van der Waals surface area contributed by atoms with E-state index in [4.69, 9.17) is 4.74 Å². The topological polar surface area (TPSA) is 231 Å². The number of hydrogen-bond donors (Lipinski definition) is 5. The number of carboxylic acids is 1. The van der Waals surface area contributed by atoms with Crippen molar-refractivity contribution < 1.29 is 54.1 Å². The fourth-order valence-electron chi connectivity index (χ4n) is 8.88. The zero-order chi connectivity index (χ0) is 35.2. The predicted octanol–water partition coefficient (Wildman–Crippen LogP) is 2.10. The molecule has 1 aromatic rings. The Bertz CT molecular complexity index is 1600. The number of nitrogens with one attached hydrogen (secondary N) is 1. The number of amides is 1. The first-order valence-corrected chi connectivity index (χ1v) is 16.0. The number of esters is 1. The summed E-state index contributed by atoms with van der Waals surface area (Å²) < 4.78 is 5.12. The third kappa shape index (κ3) is 6.08. The van der Waals surface area contributed by atoms with Gasteiger partial charge in [-0.15, -0.1) is 0 Å². The van der Waals surface area contributed by atoms with Crippen molar-refractivity contribution in [3.05, 3.63) is 63.7 Å². The SMILES string of the molecule is C[C@]12C=CC(=O)C=C1CC[C@@H]1[C@@H]2[C@@H](O)C[C@@]2(C)[C@H]1CC[C@]2(O)C(=O)COC(=O)CCC(=O)N[C@@H](C(=O)O)[C@H](O)c1cccc([N+](=O)[O-])c1. The molecule has 1 aromatic carbocycles. The number of ether oxygens (including phenoxy) is 1. The molecule has 48 heavy (non-hydrogen) atoms. The summed E-state index contributed by atoms with van der Waals surface area (Å²) in [6, 6.07) is 2.78. The summed E-state index contributed by atoms with van der Waals surface area (Å²) in [5.41, 5.74) is -2.87. The van der Waals surface area contributed by atoms with Crippen LogP contribution in [0.25, 0.3) is 0 Å². The van der Waals surface area contributed by atoms with E-state index in [-0.39, 0.29) is 47.6 Å². The molecule has 0 heterocycles. The first kappa shape index (κ1) is 35.0. The largest absolute Gasteiger partial charge is 0.480 e. The molecule has 0 radical (unpaired) electrons. The maximum absolute atomic E-state index is 13.5. The Balaban J connectivity index is 1.17. The van der Waals surface area contributed by atoms with E-state index >= 15 is 0 Å². The van der Waals surface area contributed by atoms with E-state index in [1.807, 2.05) is 13.0 Å². The van der Waals surface area contributed by atoms with Gasteiger partial charge < -0.3 is 30.5 Å². The van der Waals surface area contributed by atoms with Crippen LogP contribution in [0.2, 0.25) is 0 Å². The number of aliphatic hydroxyl groups is 3. The summed E-state index contributed by atoms with van der Waals surface area (Å²) >= 11 is 0. The third-order valence-corrected chi connectivity index (χ3v) is 11.4. The van der Waals surface area contributed by atoms with Gasteiger partial charge in [0, 0.05) is 35.3 Å². The average molecular weight is 669 g/mol. The number of non-ortho nitro benzene ring substituents is 1. The monoisotopic (exact) mass is 668 g/mol. The lowest BCUT2D eigenvalue weighted by molar-refractivity contribution is -0.385. The van der Waals surface area contributed by atoms with E-state index in [0.29, 0.717) is 19.3 Å². The minimum Gasteiger partial charge on any atom is -0.480 e. The van der Waals surface area contributed by atoms with Crippen molar-refractivity contribution in [3.63, 3.8) is 0 Å². The number of carboxylic acid groups (broad SMARTS) is 1. The highest BCUT2D eigenvalue weighted by Crippen LogP contribution is 2.67. The van der Waals surface area contributed by atoms with Crippen LogP contribution >= 0.6 is 0 Å². The van der Waals surface area contributed by atoms with Crippen molar-refractivity contribution in [3.8, 4) is 0 Å². The second-order valence-electron chi connectivity index (χ2n) is 13.9. The van der Waals surface area contributed by atoms with Crippen LogP contribution in [0.5, 0.6) is 0 Å². The number of aliphatic carboxylic acids is 1. The third-order valence-electron chi connectivity index (χ3n) is 11.4. The van der Waals surface area contributed by atoms with Crippen LogP contribution in [0.15, 0.2) is 48.1 Å². The summed E-state index contributed by atoms with van der Waals surface area (Å²) in [6.07, 6.45) is 3.47. The first-order valence-electron chi connectivity index (χ1n) is 16.0. The summed E-state index contributed by atoms with van der Waals surface area (Å²) in [6.45, 7) is 3.06. The van der Waals surface area contributed by atoms with Crippen molar-refractivity contribution >= 4 is 35.1 Å². The van der Waals surface area contributed by atoms with Gasteiger partial charge in [-0.3, -0.25) is 29.3 Å². The molecule has 0 saturated heterocycles. The Morgan fingerprint density at radius 2 is 1.90 bits per heavy atom. The van der Waals surface area contributed by atoms with Gasteiger partial charge in [0.15, 0.2) is 18.4 Å². The van der Waals surface area contributed by atoms with E-state index in [1.165, 1.54) is 18.2 Å². The molecule has 5 rings (SSSR count). The molecule has 1 amide bonds. The number of allylic oxidation sites excluding steroid dienone is 4. The molecule has 0 bridgehead atoms. The minimum absolute atomic E-state index is 0.00760. The number of nitrogens with zero attached hydrogens (tertiary/aromatic N) is 1. The minimum atomic E-state index is -1.88. The Morgan fingerprint density at radius 3 is 2.58 bits per heavy atom. The number of rotatable bonds is 11. The molecular formula is C34H40N2O12. The molecule has 4 aliphatic carbocycles. The maximum Gasteiger partial charge on any atom is 0.329 e. The number of Topliss-reactive ketones (excluding diaryl/α,β-unsaturated/α-hetero) is 1. The fourth-order valence-corrected chi connectivity index (χ4v) is 8.88. The number of nitro benzene ring substituents is 1. The second-order valence-corrected chi connectivity index (χ2v) is 13.9. The van der Waals surface area contributed by atoms with Gasteiger partial charge in [0.05, 0.1) is 17.4 Å². The van der Waals surface area contributed by atoms with Crippen molar-refractivity contribution in [2.45, 2.75) is 82.6 Å². The normalized spacial score (nSPS) is 33.3. The van der Waals surface area contributed by atoms with E-state index in [9.17, 15) is 54.5 Å². The van der Waals surface area contributed by atoms with Crippen LogP contribution in [0.4, 0.5) is 5.69 Å². The van der Waals surface area contributed by atoms with Gasteiger partial charge in [-0.05, 0) is 61.7 Å². The molecule has 5 N–H and O–H groups in total. The van der Waals surface area contributed by atoms with Crippen molar-refractivity contribution in [2.75, 3.05) is 6.61 Å². The highest BCUT2D eigenvalue weighted by atomic mass is 16.6. The number of carbonyl (C=O) groups is 5. The maximum atomic E-state index is 13.5. The molecule has 258 valence electrons. The molecule has 0 aromatic heterocycles. The highest BCUT2D eigenvalue weighted by molar-refractivity contribution is 6.01. The molecule has 0 aliphatic heterocycles. The standard InChI is InChI=1S/C34H40N2O12/c1-32-12-10-21(37)15-19(32)6-7-22-23-11-13-34(45,33(23,2)16-24(38)28(22)32)25(39)17-48-27(41)9-8-26(40)35-29(31(43)44)30(42)18-4-3-5-20(14-18)36(46)47/h3-5,10,12,14-15,22-24,28-30,38,42,45H,6-9,11,13,16-17H2,1-2H3,(H,35,40)(H,43,44)/t22-,23-,24-,28+,29+,30+,32-,33-,34-/m0/s1. The van der Waals surface area contributed by atoms with Crippen LogP contribution < -0.4 is 5.32 Å². The number of nitro groups is 1. The van der Waals surface area contributed by atoms with Gasteiger partial charge in [0.1, 0.15) is 11.7 Å². The van der Waals surface area contributed by atoms with Gasteiger partial charge >= 0.3 is 11.9 Å². The first-order chi connectivity index (χ1) is 22.5. The molecule has 4 aliphatic rings. The summed E-state index contributed by atoms with van der Waals surface area (Å²) in [4.78, 5) is 72.6. The molecule has 0 unspecified atom stereocenters. The molecule has 14 nitrogen and oxygen atoms in total. The van der Waals surface area contributed by atoms with E-state index < -0.39 is 82.7 Å². The second kappa shape index (κ2) is 13.0. The van der Waals surface area contributed by atoms with Crippen molar-refractivity contribution in [2.24, 2.45) is 28.6 Å². The van der Waals surface area contributed by atoms with Gasteiger partial charge in [-0.1, -0.05) is 37.6 Å². The zero-order valence-electron chi connectivity index (χ0n) is 26.7. The number of ketones is 2.